The van der Waals surface area contributed by atoms with Gasteiger partial charge in [0, 0.05) is 0 Å². The minimum atomic E-state index is -0.129. The van der Waals surface area contributed by atoms with Crippen molar-refractivity contribution in [3.8, 4) is 5.75 Å². The van der Waals surface area contributed by atoms with Gasteiger partial charge in [-0.15, -0.1) is 0 Å². The Balaban J connectivity index is 2.06. The van der Waals surface area contributed by atoms with Crippen molar-refractivity contribution in [2.24, 2.45) is 11.8 Å². The minimum absolute atomic E-state index is 0.124. The summed E-state index contributed by atoms with van der Waals surface area (Å²) < 4.78 is 11.8. The molecule has 0 radical (unpaired) electrons. The molecule has 0 N–H and O–H groups in total. The summed E-state index contributed by atoms with van der Waals surface area (Å²) in [5.74, 6) is 1.12. The monoisotopic (exact) mass is 402 g/mol. The van der Waals surface area contributed by atoms with E-state index in [9.17, 15) is 4.79 Å². The van der Waals surface area contributed by atoms with Crippen molar-refractivity contribution in [1.82, 2.24) is 0 Å². The standard InChI is InChI=1S/C18H24BrClO3/c1-3-5-14(18(21)22-4-2)8-13-9-15(19)17(16(20)10-13)23-11-12-6-7-12/h9-10,12,14H,3-8,11H2,1-2H3. The molecule has 1 atom stereocenters. The maximum Gasteiger partial charge on any atom is 0.309 e. The molecule has 128 valence electrons. The van der Waals surface area contributed by atoms with Crippen LogP contribution in [0.4, 0.5) is 0 Å². The highest BCUT2D eigenvalue weighted by Crippen LogP contribution is 2.37. The zero-order valence-electron chi connectivity index (χ0n) is 13.7. The van der Waals surface area contributed by atoms with Gasteiger partial charge >= 0.3 is 5.97 Å². The second kappa shape index (κ2) is 8.93. The van der Waals surface area contributed by atoms with Crippen molar-refractivity contribution in [3.63, 3.8) is 0 Å². The van der Waals surface area contributed by atoms with E-state index >= 15 is 0 Å². The zero-order chi connectivity index (χ0) is 16.8. The van der Waals surface area contributed by atoms with E-state index in [1.54, 1.807) is 0 Å². The highest BCUT2D eigenvalue weighted by Gasteiger charge is 2.24. The summed E-state index contributed by atoms with van der Waals surface area (Å²) in [6.45, 7) is 5.04. The third-order valence-corrected chi connectivity index (χ3v) is 4.83. The average molecular weight is 404 g/mol. The van der Waals surface area contributed by atoms with E-state index in [4.69, 9.17) is 21.1 Å². The van der Waals surface area contributed by atoms with E-state index in [0.717, 1.165) is 29.5 Å². The summed E-state index contributed by atoms with van der Waals surface area (Å²) in [4.78, 5) is 12.1. The maximum absolute atomic E-state index is 12.1. The van der Waals surface area contributed by atoms with Crippen LogP contribution in [-0.2, 0) is 16.0 Å². The second-order valence-corrected chi connectivity index (χ2v) is 7.35. The molecule has 0 spiro atoms. The number of esters is 1. The number of halogens is 2. The van der Waals surface area contributed by atoms with Crippen LogP contribution in [0.25, 0.3) is 0 Å². The molecule has 0 aromatic heterocycles. The lowest BCUT2D eigenvalue weighted by molar-refractivity contribution is -0.148. The van der Waals surface area contributed by atoms with E-state index in [1.807, 2.05) is 19.1 Å². The van der Waals surface area contributed by atoms with Gasteiger partial charge in [-0.3, -0.25) is 4.79 Å². The lowest BCUT2D eigenvalue weighted by Crippen LogP contribution is -2.20. The highest BCUT2D eigenvalue weighted by molar-refractivity contribution is 9.10. The fourth-order valence-electron chi connectivity index (χ4n) is 2.55. The number of rotatable bonds is 9. The molecule has 1 saturated carbocycles. The van der Waals surface area contributed by atoms with Crippen LogP contribution in [0.2, 0.25) is 5.02 Å². The first-order valence-electron chi connectivity index (χ1n) is 8.32. The van der Waals surface area contributed by atoms with Crippen molar-refractivity contribution < 1.29 is 14.3 Å². The number of hydrogen-bond donors (Lipinski definition) is 0. The predicted molar refractivity (Wildman–Crippen MR) is 96.1 cm³/mol. The number of hydrogen-bond acceptors (Lipinski definition) is 3. The summed E-state index contributed by atoms with van der Waals surface area (Å²) in [5.41, 5.74) is 1.02. The fraction of sp³-hybridized carbons (Fsp3) is 0.611. The summed E-state index contributed by atoms with van der Waals surface area (Å²) in [6, 6.07) is 3.90. The van der Waals surface area contributed by atoms with Crippen LogP contribution in [0.5, 0.6) is 5.75 Å². The van der Waals surface area contributed by atoms with Gasteiger partial charge in [0.25, 0.3) is 0 Å². The van der Waals surface area contributed by atoms with Gasteiger partial charge in [-0.2, -0.15) is 0 Å². The summed E-state index contributed by atoms with van der Waals surface area (Å²) in [5, 5.41) is 0.592. The van der Waals surface area contributed by atoms with Gasteiger partial charge in [-0.25, -0.2) is 0 Å². The first-order chi connectivity index (χ1) is 11.0. The molecule has 0 aliphatic heterocycles. The van der Waals surface area contributed by atoms with Crippen molar-refractivity contribution in [2.45, 2.75) is 46.0 Å². The van der Waals surface area contributed by atoms with Gasteiger partial charge in [0.2, 0.25) is 0 Å². The van der Waals surface area contributed by atoms with E-state index in [0.29, 0.717) is 29.7 Å². The molecule has 0 bridgehead atoms. The van der Waals surface area contributed by atoms with Gasteiger partial charge in [0.15, 0.2) is 5.75 Å². The van der Waals surface area contributed by atoms with Crippen LogP contribution in [0.15, 0.2) is 16.6 Å². The second-order valence-electron chi connectivity index (χ2n) is 6.08. The number of benzene rings is 1. The van der Waals surface area contributed by atoms with Crippen molar-refractivity contribution in [3.05, 3.63) is 27.2 Å². The Kier molecular flexibility index (Phi) is 7.22. The van der Waals surface area contributed by atoms with Gasteiger partial charge < -0.3 is 9.47 Å². The molecular formula is C18H24BrClO3. The van der Waals surface area contributed by atoms with Gasteiger partial charge in [0.05, 0.1) is 28.6 Å². The Morgan fingerprint density at radius 1 is 1.39 bits per heavy atom. The molecule has 1 fully saturated rings. The van der Waals surface area contributed by atoms with Crippen molar-refractivity contribution in [1.29, 1.82) is 0 Å². The lowest BCUT2D eigenvalue weighted by Gasteiger charge is -2.16. The molecule has 0 saturated heterocycles. The van der Waals surface area contributed by atoms with E-state index in [1.165, 1.54) is 12.8 Å². The third kappa shape index (κ3) is 5.68. The summed E-state index contributed by atoms with van der Waals surface area (Å²) >= 11 is 9.91. The highest BCUT2D eigenvalue weighted by atomic mass is 79.9. The molecule has 3 nitrogen and oxygen atoms in total. The molecular weight excluding hydrogens is 380 g/mol. The lowest BCUT2D eigenvalue weighted by atomic mass is 9.95. The molecule has 1 aromatic rings. The molecule has 1 aromatic carbocycles. The van der Waals surface area contributed by atoms with Gasteiger partial charge in [-0.05, 0) is 72.2 Å². The Morgan fingerprint density at radius 3 is 2.70 bits per heavy atom. The minimum Gasteiger partial charge on any atom is -0.491 e. The molecule has 5 heteroatoms. The van der Waals surface area contributed by atoms with Crippen LogP contribution in [-0.4, -0.2) is 19.2 Å². The third-order valence-electron chi connectivity index (χ3n) is 3.96. The fourth-order valence-corrected chi connectivity index (χ4v) is 3.58. The first kappa shape index (κ1) is 18.6. The number of carbonyl (C=O) groups is 1. The Labute approximate surface area is 151 Å². The van der Waals surface area contributed by atoms with E-state index in [-0.39, 0.29) is 11.9 Å². The van der Waals surface area contributed by atoms with Crippen molar-refractivity contribution >= 4 is 33.5 Å². The maximum atomic E-state index is 12.1. The molecule has 0 heterocycles. The Hall–Kier alpha value is -0.740. The smallest absolute Gasteiger partial charge is 0.309 e. The largest absolute Gasteiger partial charge is 0.491 e. The molecule has 2 rings (SSSR count). The summed E-state index contributed by atoms with van der Waals surface area (Å²) in [7, 11) is 0. The van der Waals surface area contributed by atoms with Crippen molar-refractivity contribution in [2.75, 3.05) is 13.2 Å². The average Bonchev–Trinajstić information content (AvgIpc) is 3.30. The Bertz CT molecular complexity index is 520. The van der Waals surface area contributed by atoms with Crippen LogP contribution >= 0.6 is 27.5 Å². The number of ether oxygens (including phenoxy) is 2. The zero-order valence-corrected chi connectivity index (χ0v) is 16.1. The molecule has 0 amide bonds. The van der Waals surface area contributed by atoms with Crippen LogP contribution < -0.4 is 4.74 Å². The predicted octanol–water partition coefficient (Wildman–Crippen LogP) is 5.41. The van der Waals surface area contributed by atoms with Gasteiger partial charge in [-0.1, -0.05) is 24.9 Å². The van der Waals surface area contributed by atoms with E-state index in [2.05, 4.69) is 22.9 Å². The van der Waals surface area contributed by atoms with Crippen LogP contribution in [0.3, 0.4) is 0 Å². The molecule has 1 unspecified atom stereocenters. The van der Waals surface area contributed by atoms with E-state index < -0.39 is 0 Å². The first-order valence-corrected chi connectivity index (χ1v) is 9.49. The SMILES string of the molecule is CCCC(Cc1cc(Cl)c(OCC2CC2)c(Br)c1)C(=O)OCC. The topological polar surface area (TPSA) is 35.5 Å². The Morgan fingerprint density at radius 2 is 2.13 bits per heavy atom. The molecule has 23 heavy (non-hydrogen) atoms. The van der Waals surface area contributed by atoms with Gasteiger partial charge in [0.1, 0.15) is 0 Å². The molecule has 1 aliphatic rings. The van der Waals surface area contributed by atoms with Crippen LogP contribution in [0.1, 0.15) is 45.1 Å². The number of carbonyl (C=O) groups excluding carboxylic acids is 1. The van der Waals surface area contributed by atoms with Crippen LogP contribution in [0, 0.1) is 11.8 Å². The summed E-state index contributed by atoms with van der Waals surface area (Å²) in [6.07, 6.45) is 4.87. The molecule has 1 aliphatic carbocycles. The normalized spacial score (nSPS) is 15.3. The quantitative estimate of drug-likeness (QED) is 0.517.